The molecule has 0 bridgehead atoms. The van der Waals surface area contributed by atoms with Gasteiger partial charge in [0.25, 0.3) is 5.91 Å². The predicted octanol–water partition coefficient (Wildman–Crippen LogP) is 2.13. The minimum absolute atomic E-state index is 0.102. The van der Waals surface area contributed by atoms with Crippen LogP contribution in [0.3, 0.4) is 0 Å². The van der Waals surface area contributed by atoms with Crippen molar-refractivity contribution in [1.29, 1.82) is 0 Å². The summed E-state index contributed by atoms with van der Waals surface area (Å²) in [5.74, 6) is 1.07. The Morgan fingerprint density at radius 3 is 2.66 bits per heavy atom. The molecule has 0 spiro atoms. The van der Waals surface area contributed by atoms with E-state index in [0.29, 0.717) is 29.2 Å². The first-order chi connectivity index (χ1) is 15.5. The molecule has 2 unspecified atom stereocenters. The minimum Gasteiger partial charge on any atom is -0.493 e. The van der Waals surface area contributed by atoms with Gasteiger partial charge in [0.05, 0.1) is 25.4 Å². The smallest absolute Gasteiger partial charge is 0.254 e. The van der Waals surface area contributed by atoms with E-state index in [1.807, 2.05) is 18.2 Å². The van der Waals surface area contributed by atoms with Crippen LogP contribution in [0.2, 0.25) is 0 Å². The van der Waals surface area contributed by atoms with E-state index in [0.717, 1.165) is 50.9 Å². The van der Waals surface area contributed by atoms with Gasteiger partial charge < -0.3 is 20.9 Å². The lowest BCUT2D eigenvalue weighted by atomic mass is 10.1. The second-order valence-corrected chi connectivity index (χ2v) is 9.02. The molecule has 9 heteroatoms. The molecule has 2 saturated heterocycles. The van der Waals surface area contributed by atoms with E-state index in [-0.39, 0.29) is 17.7 Å². The Labute approximate surface area is 188 Å². The average molecular weight is 441 g/mol. The number of benzene rings is 1. The number of carbonyl (C=O) groups is 1. The van der Waals surface area contributed by atoms with E-state index >= 15 is 0 Å². The number of rotatable bonds is 7. The molecule has 1 amide bonds. The second kappa shape index (κ2) is 8.63. The van der Waals surface area contributed by atoms with Crippen LogP contribution in [0.25, 0.3) is 11.3 Å². The molecule has 2 atom stereocenters. The van der Waals surface area contributed by atoms with Crippen LogP contribution in [-0.2, 0) is 0 Å². The van der Waals surface area contributed by atoms with Gasteiger partial charge in [0.2, 0.25) is 0 Å². The van der Waals surface area contributed by atoms with Crippen LogP contribution >= 0.6 is 0 Å². The Morgan fingerprint density at radius 2 is 1.97 bits per heavy atom. The average Bonchev–Trinajstić information content (AvgIpc) is 3.41. The minimum atomic E-state index is -0.575. The third kappa shape index (κ3) is 4.02. The monoisotopic (exact) mass is 440 g/mol. The van der Waals surface area contributed by atoms with E-state index in [1.165, 1.54) is 12.8 Å². The molecule has 1 aromatic carbocycles. The summed E-state index contributed by atoms with van der Waals surface area (Å²) < 4.78 is 13.5. The number of nitrogens with zero attached hydrogens (tertiary/aromatic N) is 3. The van der Waals surface area contributed by atoms with Crippen molar-refractivity contribution in [3.63, 3.8) is 0 Å². The molecule has 3 heterocycles. The number of primary amides is 1. The Bertz CT molecular complexity index is 996. The van der Waals surface area contributed by atoms with Crippen LogP contribution in [0.4, 0.5) is 5.82 Å². The van der Waals surface area contributed by atoms with E-state index in [2.05, 4.69) is 10.2 Å². The fraction of sp³-hybridized carbons (Fsp3) is 0.565. The molecule has 32 heavy (non-hydrogen) atoms. The molecule has 5 rings (SSSR count). The van der Waals surface area contributed by atoms with Gasteiger partial charge in [-0.3, -0.25) is 15.0 Å². The molecule has 2 aromatic rings. The van der Waals surface area contributed by atoms with Gasteiger partial charge >= 0.3 is 0 Å². The largest absolute Gasteiger partial charge is 0.493 e. The quantitative estimate of drug-likeness (QED) is 0.562. The Hall–Kier alpha value is -2.78. The van der Waals surface area contributed by atoms with Gasteiger partial charge in [-0.1, -0.05) is 0 Å². The van der Waals surface area contributed by atoms with Crippen molar-refractivity contribution >= 4 is 11.7 Å². The lowest BCUT2D eigenvalue weighted by molar-refractivity contribution is 0.100. The molecule has 1 aromatic heterocycles. The van der Waals surface area contributed by atoms with Gasteiger partial charge in [0, 0.05) is 18.7 Å². The Kier molecular flexibility index (Phi) is 5.69. The summed E-state index contributed by atoms with van der Waals surface area (Å²) in [5, 5.41) is 8.18. The highest BCUT2D eigenvalue weighted by molar-refractivity contribution is 6.03. The zero-order valence-corrected chi connectivity index (χ0v) is 18.5. The first-order valence-corrected chi connectivity index (χ1v) is 11.6. The lowest BCUT2D eigenvalue weighted by Gasteiger charge is -2.32. The van der Waals surface area contributed by atoms with E-state index in [9.17, 15) is 4.79 Å². The highest BCUT2D eigenvalue weighted by Gasteiger charge is 2.34. The van der Waals surface area contributed by atoms with Crippen LogP contribution in [-0.4, -0.2) is 59.6 Å². The maximum absolute atomic E-state index is 12.4. The maximum Gasteiger partial charge on any atom is 0.254 e. The third-order valence-electron chi connectivity index (χ3n) is 6.83. The number of hydrogen-bond donors (Lipinski definition) is 3. The summed E-state index contributed by atoms with van der Waals surface area (Å²) in [6.07, 6.45) is 7.08. The van der Waals surface area contributed by atoms with Crippen molar-refractivity contribution in [3.8, 4) is 22.8 Å². The number of anilines is 1. The summed E-state index contributed by atoms with van der Waals surface area (Å²) in [6.45, 7) is 2.93. The fourth-order valence-electron chi connectivity index (χ4n) is 5.05. The Balaban J connectivity index is 1.49. The topological polar surface area (TPSA) is 131 Å². The molecule has 9 nitrogen and oxygen atoms in total. The molecule has 5 N–H and O–H groups in total. The molecule has 172 valence electrons. The first kappa shape index (κ1) is 21.1. The number of carbonyl (C=O) groups excluding carboxylic acids is 1. The number of hydrogen-bond acceptors (Lipinski definition) is 7. The lowest BCUT2D eigenvalue weighted by Crippen LogP contribution is -2.40. The number of methoxy groups -OCH3 is 1. The number of likely N-dealkylation sites (tertiary alicyclic amines) is 1. The van der Waals surface area contributed by atoms with Crippen LogP contribution in [0.5, 0.6) is 11.5 Å². The van der Waals surface area contributed by atoms with Crippen LogP contribution < -0.4 is 26.3 Å². The predicted molar refractivity (Wildman–Crippen MR) is 122 cm³/mol. The molecule has 3 aliphatic rings. The van der Waals surface area contributed by atoms with Crippen molar-refractivity contribution in [2.24, 2.45) is 5.73 Å². The van der Waals surface area contributed by atoms with Crippen molar-refractivity contribution in [1.82, 2.24) is 20.0 Å². The summed E-state index contributed by atoms with van der Waals surface area (Å²) in [7, 11) is 1.63. The summed E-state index contributed by atoms with van der Waals surface area (Å²) in [6, 6.07) is 5.71. The van der Waals surface area contributed by atoms with Crippen LogP contribution in [0, 0.1) is 0 Å². The standard InChI is InChI=1S/C23H32N6O3/c1-31-17-9-8-14(11-18(17)32-16-6-2-3-7-16)21-20(23(25)30)22(24)29(27-21)15-5-4-10-28(13-15)19-12-26-19/h8-9,11,15-16,19,26H,2-7,10,12-13,24H2,1H3,(H2,25,30). The van der Waals surface area contributed by atoms with E-state index < -0.39 is 5.91 Å². The highest BCUT2D eigenvalue weighted by Crippen LogP contribution is 2.38. The van der Waals surface area contributed by atoms with Gasteiger partial charge in [-0.2, -0.15) is 5.10 Å². The zero-order valence-electron chi connectivity index (χ0n) is 18.5. The van der Waals surface area contributed by atoms with Crippen molar-refractivity contribution in [3.05, 3.63) is 23.8 Å². The number of piperidine rings is 1. The van der Waals surface area contributed by atoms with Crippen LogP contribution in [0.1, 0.15) is 54.9 Å². The number of aromatic nitrogens is 2. The first-order valence-electron chi connectivity index (χ1n) is 11.6. The summed E-state index contributed by atoms with van der Waals surface area (Å²) in [5.41, 5.74) is 13.7. The second-order valence-electron chi connectivity index (χ2n) is 9.02. The van der Waals surface area contributed by atoms with Gasteiger partial charge in [0.15, 0.2) is 11.5 Å². The summed E-state index contributed by atoms with van der Waals surface area (Å²) >= 11 is 0. The van der Waals surface area contributed by atoms with E-state index in [1.54, 1.807) is 11.8 Å². The number of ether oxygens (including phenoxy) is 2. The molecular weight excluding hydrogens is 408 g/mol. The normalized spacial score (nSPS) is 23.9. The molecule has 3 fully saturated rings. The molecule has 1 aliphatic carbocycles. The number of nitrogens with one attached hydrogen (secondary N) is 1. The fourth-order valence-corrected chi connectivity index (χ4v) is 5.05. The molecule has 2 aliphatic heterocycles. The highest BCUT2D eigenvalue weighted by atomic mass is 16.5. The SMILES string of the molecule is COc1ccc(-c2nn(C3CCCN(C4CN4)C3)c(N)c2C(N)=O)cc1OC1CCCC1. The van der Waals surface area contributed by atoms with Gasteiger partial charge in [0.1, 0.15) is 17.1 Å². The summed E-state index contributed by atoms with van der Waals surface area (Å²) in [4.78, 5) is 14.8. The van der Waals surface area contributed by atoms with Gasteiger partial charge in [-0.25, -0.2) is 4.68 Å². The zero-order chi connectivity index (χ0) is 22.2. The third-order valence-corrected chi connectivity index (χ3v) is 6.83. The number of nitrogens with two attached hydrogens (primary N) is 2. The van der Waals surface area contributed by atoms with Gasteiger partial charge in [-0.05, 0) is 63.3 Å². The molecule has 0 radical (unpaired) electrons. The van der Waals surface area contributed by atoms with Gasteiger partial charge in [-0.15, -0.1) is 0 Å². The molecular formula is C23H32N6O3. The van der Waals surface area contributed by atoms with E-state index in [4.69, 9.17) is 26.0 Å². The van der Waals surface area contributed by atoms with Crippen molar-refractivity contribution < 1.29 is 14.3 Å². The van der Waals surface area contributed by atoms with Crippen molar-refractivity contribution in [2.75, 3.05) is 32.5 Å². The number of nitrogen functional groups attached to an aromatic ring is 1. The molecule has 1 saturated carbocycles. The van der Waals surface area contributed by atoms with Crippen LogP contribution in [0.15, 0.2) is 18.2 Å². The number of amides is 1. The van der Waals surface area contributed by atoms with Crippen molar-refractivity contribution in [2.45, 2.75) is 56.8 Å². The Morgan fingerprint density at radius 1 is 1.19 bits per heavy atom. The maximum atomic E-state index is 12.4.